The van der Waals surface area contributed by atoms with E-state index in [1.165, 1.54) is 36.0 Å². The van der Waals surface area contributed by atoms with Crippen LogP contribution in [0, 0.1) is 13.8 Å². The molecule has 0 N–H and O–H groups in total. The standard InChI is InChI=1S/C13H17Br/c1-9-3-4-11(7-10(9)2)12-5-6-13(14)8-12/h3-4,7,12-13H,5-6,8H2,1-2H3. The Kier molecular flexibility index (Phi) is 2.96. The van der Waals surface area contributed by atoms with Gasteiger partial charge in [0.25, 0.3) is 0 Å². The van der Waals surface area contributed by atoms with Crippen LogP contribution in [0.4, 0.5) is 0 Å². The zero-order valence-corrected chi connectivity index (χ0v) is 10.5. The summed E-state index contributed by atoms with van der Waals surface area (Å²) in [6.45, 7) is 4.39. The van der Waals surface area contributed by atoms with Gasteiger partial charge in [0.15, 0.2) is 0 Å². The summed E-state index contributed by atoms with van der Waals surface area (Å²) in [5.41, 5.74) is 4.37. The molecule has 2 rings (SSSR count). The highest BCUT2D eigenvalue weighted by Gasteiger charge is 2.23. The van der Waals surface area contributed by atoms with Gasteiger partial charge in [-0.3, -0.25) is 0 Å². The van der Waals surface area contributed by atoms with Crippen LogP contribution in [0.5, 0.6) is 0 Å². The molecule has 2 unspecified atom stereocenters. The summed E-state index contributed by atoms with van der Waals surface area (Å²) in [5, 5.41) is 0. The highest BCUT2D eigenvalue weighted by Crippen LogP contribution is 2.38. The van der Waals surface area contributed by atoms with Crippen molar-refractivity contribution in [2.24, 2.45) is 0 Å². The summed E-state index contributed by atoms with van der Waals surface area (Å²) in [4.78, 5) is 0.745. The Balaban J connectivity index is 2.20. The predicted octanol–water partition coefficient (Wildman–Crippen LogP) is 4.33. The molecule has 1 saturated carbocycles. The fourth-order valence-corrected chi connectivity index (χ4v) is 2.96. The summed E-state index contributed by atoms with van der Waals surface area (Å²) in [7, 11) is 0. The van der Waals surface area contributed by atoms with E-state index < -0.39 is 0 Å². The number of halogens is 1. The lowest BCUT2D eigenvalue weighted by molar-refractivity contribution is 0.724. The largest absolute Gasteiger partial charge is 0.0890 e. The van der Waals surface area contributed by atoms with Gasteiger partial charge in [-0.25, -0.2) is 0 Å². The first-order chi connectivity index (χ1) is 6.66. The molecule has 0 amide bonds. The van der Waals surface area contributed by atoms with Crippen molar-refractivity contribution in [3.8, 4) is 0 Å². The monoisotopic (exact) mass is 252 g/mol. The molecule has 0 aliphatic heterocycles. The zero-order valence-electron chi connectivity index (χ0n) is 8.89. The van der Waals surface area contributed by atoms with Crippen LogP contribution in [0.1, 0.15) is 41.9 Å². The third-order valence-corrected chi connectivity index (χ3v) is 4.20. The van der Waals surface area contributed by atoms with Crippen LogP contribution in [0.25, 0.3) is 0 Å². The molecule has 1 aliphatic carbocycles. The smallest absolute Gasteiger partial charge is 0.0151 e. The number of aryl methyl sites for hydroxylation is 2. The van der Waals surface area contributed by atoms with Crippen LogP contribution >= 0.6 is 15.9 Å². The lowest BCUT2D eigenvalue weighted by Gasteiger charge is -2.11. The molecule has 0 radical (unpaired) electrons. The second kappa shape index (κ2) is 4.06. The number of benzene rings is 1. The number of hydrogen-bond acceptors (Lipinski definition) is 0. The summed E-state index contributed by atoms with van der Waals surface area (Å²) in [6.07, 6.45) is 3.98. The van der Waals surface area contributed by atoms with E-state index in [4.69, 9.17) is 0 Å². The van der Waals surface area contributed by atoms with E-state index in [9.17, 15) is 0 Å². The van der Waals surface area contributed by atoms with Gasteiger partial charge in [0.2, 0.25) is 0 Å². The van der Waals surface area contributed by atoms with Crippen molar-refractivity contribution < 1.29 is 0 Å². The van der Waals surface area contributed by atoms with Crippen molar-refractivity contribution >= 4 is 15.9 Å². The van der Waals surface area contributed by atoms with E-state index in [0.29, 0.717) is 0 Å². The molecule has 0 nitrogen and oxygen atoms in total. The second-order valence-corrected chi connectivity index (χ2v) is 5.75. The van der Waals surface area contributed by atoms with Crippen LogP contribution in [0.2, 0.25) is 0 Å². The Hall–Kier alpha value is -0.300. The first-order valence-corrected chi connectivity index (χ1v) is 6.29. The Morgan fingerprint density at radius 2 is 1.93 bits per heavy atom. The molecule has 1 fully saturated rings. The van der Waals surface area contributed by atoms with Crippen molar-refractivity contribution in [1.82, 2.24) is 0 Å². The zero-order chi connectivity index (χ0) is 10.1. The first kappa shape index (κ1) is 10.2. The normalized spacial score (nSPS) is 26.8. The summed E-state index contributed by atoms with van der Waals surface area (Å²) in [6, 6.07) is 6.93. The second-order valence-electron chi connectivity index (χ2n) is 4.45. The Morgan fingerprint density at radius 1 is 1.14 bits per heavy atom. The highest BCUT2D eigenvalue weighted by molar-refractivity contribution is 9.09. The molecule has 1 heteroatoms. The SMILES string of the molecule is Cc1ccc(C2CCC(Br)C2)cc1C. The van der Waals surface area contributed by atoms with Gasteiger partial charge in [0, 0.05) is 4.83 Å². The molecule has 76 valence electrons. The maximum atomic E-state index is 3.71. The molecule has 2 atom stereocenters. The maximum absolute atomic E-state index is 3.71. The van der Waals surface area contributed by atoms with Gasteiger partial charge < -0.3 is 0 Å². The average molecular weight is 253 g/mol. The summed E-state index contributed by atoms with van der Waals surface area (Å²) < 4.78 is 0. The molecule has 0 aromatic heterocycles. The van der Waals surface area contributed by atoms with E-state index >= 15 is 0 Å². The van der Waals surface area contributed by atoms with Crippen LogP contribution in [0.15, 0.2) is 18.2 Å². The van der Waals surface area contributed by atoms with Crippen LogP contribution in [-0.4, -0.2) is 4.83 Å². The number of hydrogen-bond donors (Lipinski definition) is 0. The summed E-state index contributed by atoms with van der Waals surface area (Å²) >= 11 is 3.71. The summed E-state index contributed by atoms with van der Waals surface area (Å²) in [5.74, 6) is 0.790. The minimum atomic E-state index is 0.745. The molecule has 1 aromatic carbocycles. The lowest BCUT2D eigenvalue weighted by Crippen LogP contribution is -1.95. The third-order valence-electron chi connectivity index (χ3n) is 3.37. The van der Waals surface area contributed by atoms with E-state index in [2.05, 4.69) is 48.0 Å². The predicted molar refractivity (Wildman–Crippen MR) is 65.2 cm³/mol. The van der Waals surface area contributed by atoms with E-state index in [0.717, 1.165) is 10.7 Å². The van der Waals surface area contributed by atoms with Gasteiger partial charge in [-0.1, -0.05) is 34.1 Å². The van der Waals surface area contributed by atoms with Gasteiger partial charge >= 0.3 is 0 Å². The third kappa shape index (κ3) is 2.03. The quantitative estimate of drug-likeness (QED) is 0.653. The van der Waals surface area contributed by atoms with E-state index in [-0.39, 0.29) is 0 Å². The Morgan fingerprint density at radius 3 is 2.50 bits per heavy atom. The minimum absolute atomic E-state index is 0.745. The van der Waals surface area contributed by atoms with Crippen LogP contribution in [0.3, 0.4) is 0 Å². The molecule has 1 aromatic rings. The van der Waals surface area contributed by atoms with Crippen LogP contribution < -0.4 is 0 Å². The minimum Gasteiger partial charge on any atom is -0.0890 e. The molecule has 0 bridgehead atoms. The van der Waals surface area contributed by atoms with Crippen molar-refractivity contribution in [3.05, 3.63) is 34.9 Å². The average Bonchev–Trinajstić information content (AvgIpc) is 2.57. The Labute approximate surface area is 94.8 Å². The molecule has 14 heavy (non-hydrogen) atoms. The molecule has 0 heterocycles. The molecular weight excluding hydrogens is 236 g/mol. The van der Waals surface area contributed by atoms with Gasteiger partial charge in [-0.05, 0) is 55.7 Å². The molecule has 0 spiro atoms. The van der Waals surface area contributed by atoms with E-state index in [1.807, 2.05) is 0 Å². The maximum Gasteiger partial charge on any atom is 0.0151 e. The number of alkyl halides is 1. The fourth-order valence-electron chi connectivity index (χ4n) is 2.25. The molecule has 1 aliphatic rings. The van der Waals surface area contributed by atoms with Crippen molar-refractivity contribution in [2.45, 2.75) is 43.9 Å². The van der Waals surface area contributed by atoms with Crippen molar-refractivity contribution in [2.75, 3.05) is 0 Å². The Bertz CT molecular complexity index is 330. The van der Waals surface area contributed by atoms with Gasteiger partial charge in [-0.15, -0.1) is 0 Å². The lowest BCUT2D eigenvalue weighted by atomic mass is 9.94. The van der Waals surface area contributed by atoms with Crippen molar-refractivity contribution in [3.63, 3.8) is 0 Å². The van der Waals surface area contributed by atoms with Crippen molar-refractivity contribution in [1.29, 1.82) is 0 Å². The molecular formula is C13H17Br. The fraction of sp³-hybridized carbons (Fsp3) is 0.538. The number of rotatable bonds is 1. The first-order valence-electron chi connectivity index (χ1n) is 5.38. The van der Waals surface area contributed by atoms with Gasteiger partial charge in [0.05, 0.1) is 0 Å². The van der Waals surface area contributed by atoms with Gasteiger partial charge in [0.1, 0.15) is 0 Å². The topological polar surface area (TPSA) is 0 Å². The highest BCUT2D eigenvalue weighted by atomic mass is 79.9. The molecule has 0 saturated heterocycles. The van der Waals surface area contributed by atoms with Crippen LogP contribution in [-0.2, 0) is 0 Å². The van der Waals surface area contributed by atoms with Gasteiger partial charge in [-0.2, -0.15) is 0 Å². The van der Waals surface area contributed by atoms with E-state index in [1.54, 1.807) is 0 Å².